The highest BCUT2D eigenvalue weighted by atomic mass is 32.1. The maximum atomic E-state index is 13.5. The van der Waals surface area contributed by atoms with Crippen LogP contribution in [-0.2, 0) is 13.0 Å². The summed E-state index contributed by atoms with van der Waals surface area (Å²) in [5, 5.41) is 5.90. The van der Waals surface area contributed by atoms with Gasteiger partial charge in [0.25, 0.3) is 5.91 Å². The third-order valence-electron chi connectivity index (χ3n) is 3.10. The van der Waals surface area contributed by atoms with E-state index in [1.54, 1.807) is 0 Å². The van der Waals surface area contributed by atoms with E-state index < -0.39 is 28.9 Å². The van der Waals surface area contributed by atoms with Crippen LogP contribution < -0.4 is 10.6 Å². The summed E-state index contributed by atoms with van der Waals surface area (Å²) in [6.45, 7) is 1.48. The van der Waals surface area contributed by atoms with E-state index in [0.29, 0.717) is 17.7 Å². The molecular weight excluding hydrogens is 303 g/mol. The van der Waals surface area contributed by atoms with Crippen molar-refractivity contribution in [3.63, 3.8) is 0 Å². The highest BCUT2D eigenvalue weighted by Crippen LogP contribution is 2.26. The Balaban J connectivity index is 1.83. The lowest BCUT2D eigenvalue weighted by molar-refractivity contribution is 0.102. The van der Waals surface area contributed by atoms with Crippen molar-refractivity contribution in [2.45, 2.75) is 13.0 Å². The Hall–Kier alpha value is -1.93. The Morgan fingerprint density at radius 1 is 1.29 bits per heavy atom. The SMILES string of the molecule is O=C(Nc1nc2c(s1)CNCC2)c1ccc(F)c(F)c1F. The van der Waals surface area contributed by atoms with Crippen LogP contribution in [0.2, 0.25) is 0 Å². The van der Waals surface area contributed by atoms with Crippen LogP contribution >= 0.6 is 11.3 Å². The molecule has 1 aromatic carbocycles. The molecule has 1 aliphatic rings. The number of thiazole rings is 1. The molecule has 0 saturated carbocycles. The maximum absolute atomic E-state index is 13.5. The summed E-state index contributed by atoms with van der Waals surface area (Å²) in [6.07, 6.45) is 0.751. The van der Waals surface area contributed by atoms with Gasteiger partial charge in [-0.05, 0) is 12.1 Å². The minimum Gasteiger partial charge on any atom is -0.311 e. The fourth-order valence-electron chi connectivity index (χ4n) is 2.04. The number of benzene rings is 1. The molecule has 1 aromatic heterocycles. The number of carbonyl (C=O) groups is 1. The molecule has 1 aliphatic heterocycles. The van der Waals surface area contributed by atoms with E-state index in [-0.39, 0.29) is 0 Å². The third-order valence-corrected chi connectivity index (χ3v) is 4.12. The van der Waals surface area contributed by atoms with Crippen molar-refractivity contribution in [2.75, 3.05) is 11.9 Å². The van der Waals surface area contributed by atoms with E-state index in [4.69, 9.17) is 0 Å². The first-order valence-electron chi connectivity index (χ1n) is 6.20. The molecule has 110 valence electrons. The zero-order valence-corrected chi connectivity index (χ0v) is 11.5. The van der Waals surface area contributed by atoms with Crippen molar-refractivity contribution >= 4 is 22.4 Å². The van der Waals surface area contributed by atoms with Gasteiger partial charge < -0.3 is 5.32 Å². The summed E-state index contributed by atoms with van der Waals surface area (Å²) in [5.41, 5.74) is 0.333. The molecule has 3 rings (SSSR count). The number of hydrogen-bond donors (Lipinski definition) is 2. The normalized spacial score (nSPS) is 13.9. The minimum absolute atomic E-state index is 0.317. The Labute approximate surface area is 122 Å². The van der Waals surface area contributed by atoms with E-state index in [0.717, 1.165) is 29.6 Å². The number of halogens is 3. The second kappa shape index (κ2) is 5.45. The van der Waals surface area contributed by atoms with Gasteiger partial charge in [0, 0.05) is 24.4 Å². The van der Waals surface area contributed by atoms with Gasteiger partial charge in [0.05, 0.1) is 11.3 Å². The third kappa shape index (κ3) is 2.64. The van der Waals surface area contributed by atoms with Crippen molar-refractivity contribution < 1.29 is 18.0 Å². The molecule has 8 heteroatoms. The van der Waals surface area contributed by atoms with Gasteiger partial charge in [0.2, 0.25) is 0 Å². The maximum Gasteiger partial charge on any atom is 0.260 e. The number of nitrogens with one attached hydrogen (secondary N) is 2. The smallest absolute Gasteiger partial charge is 0.260 e. The van der Waals surface area contributed by atoms with Crippen LogP contribution in [0.1, 0.15) is 20.9 Å². The fourth-order valence-corrected chi connectivity index (χ4v) is 3.02. The van der Waals surface area contributed by atoms with Crippen molar-refractivity contribution in [3.8, 4) is 0 Å². The molecule has 0 bridgehead atoms. The van der Waals surface area contributed by atoms with Gasteiger partial charge in [-0.15, -0.1) is 11.3 Å². The molecule has 4 nitrogen and oxygen atoms in total. The average molecular weight is 313 g/mol. The predicted molar refractivity (Wildman–Crippen MR) is 71.8 cm³/mol. The molecule has 2 N–H and O–H groups in total. The average Bonchev–Trinajstić information content (AvgIpc) is 2.86. The summed E-state index contributed by atoms with van der Waals surface area (Å²) >= 11 is 1.28. The predicted octanol–water partition coefficient (Wildman–Crippen LogP) is 2.46. The van der Waals surface area contributed by atoms with Gasteiger partial charge in [0.1, 0.15) is 0 Å². The van der Waals surface area contributed by atoms with Gasteiger partial charge in [-0.1, -0.05) is 0 Å². The number of nitrogens with zero attached hydrogens (tertiary/aromatic N) is 1. The molecule has 21 heavy (non-hydrogen) atoms. The second-order valence-corrected chi connectivity index (χ2v) is 5.58. The van der Waals surface area contributed by atoms with Crippen LogP contribution in [0.15, 0.2) is 12.1 Å². The summed E-state index contributed by atoms with van der Waals surface area (Å²) in [5.74, 6) is -5.36. The molecule has 0 spiro atoms. The van der Waals surface area contributed by atoms with Gasteiger partial charge in [-0.25, -0.2) is 18.2 Å². The van der Waals surface area contributed by atoms with Gasteiger partial charge in [-0.3, -0.25) is 10.1 Å². The minimum atomic E-state index is -1.66. The number of anilines is 1. The Bertz CT molecular complexity index is 693. The van der Waals surface area contributed by atoms with Gasteiger partial charge >= 0.3 is 0 Å². The number of carbonyl (C=O) groups excluding carboxylic acids is 1. The summed E-state index contributed by atoms with van der Waals surface area (Å²) in [7, 11) is 0. The Morgan fingerprint density at radius 3 is 2.86 bits per heavy atom. The van der Waals surface area contributed by atoms with Crippen molar-refractivity contribution in [3.05, 3.63) is 45.7 Å². The Morgan fingerprint density at radius 2 is 2.10 bits per heavy atom. The van der Waals surface area contributed by atoms with E-state index >= 15 is 0 Å². The highest BCUT2D eigenvalue weighted by Gasteiger charge is 2.21. The first-order valence-corrected chi connectivity index (χ1v) is 7.02. The summed E-state index contributed by atoms with van der Waals surface area (Å²) < 4.78 is 39.5. The lowest BCUT2D eigenvalue weighted by Crippen LogP contribution is -2.22. The van der Waals surface area contributed by atoms with Gasteiger partial charge in [-0.2, -0.15) is 0 Å². The van der Waals surface area contributed by atoms with Crippen molar-refractivity contribution in [1.29, 1.82) is 0 Å². The molecule has 0 atom stereocenters. The monoisotopic (exact) mass is 313 g/mol. The lowest BCUT2D eigenvalue weighted by atomic mass is 10.2. The zero-order valence-electron chi connectivity index (χ0n) is 10.7. The molecule has 2 aromatic rings. The van der Waals surface area contributed by atoms with Crippen LogP contribution in [0, 0.1) is 17.5 Å². The molecule has 2 heterocycles. The number of fused-ring (bicyclic) bond motifs is 1. The summed E-state index contributed by atoms with van der Waals surface area (Å²) in [4.78, 5) is 17.2. The number of aromatic nitrogens is 1. The second-order valence-electron chi connectivity index (χ2n) is 4.49. The van der Waals surface area contributed by atoms with Crippen molar-refractivity contribution in [1.82, 2.24) is 10.3 Å². The highest BCUT2D eigenvalue weighted by molar-refractivity contribution is 7.15. The van der Waals surface area contributed by atoms with E-state index in [9.17, 15) is 18.0 Å². The number of hydrogen-bond acceptors (Lipinski definition) is 4. The molecule has 0 aliphatic carbocycles. The van der Waals surface area contributed by atoms with Crippen molar-refractivity contribution in [2.24, 2.45) is 0 Å². The standard InChI is InChI=1S/C13H10F3N3OS/c14-7-2-1-6(10(15)11(7)16)12(20)19-13-18-8-3-4-17-5-9(8)21-13/h1-2,17H,3-5H2,(H,18,19,20). The van der Waals surface area contributed by atoms with E-state index in [1.165, 1.54) is 11.3 Å². The lowest BCUT2D eigenvalue weighted by Gasteiger charge is -2.09. The van der Waals surface area contributed by atoms with Crippen LogP contribution in [0.5, 0.6) is 0 Å². The van der Waals surface area contributed by atoms with Crippen LogP contribution in [0.3, 0.4) is 0 Å². The topological polar surface area (TPSA) is 54.0 Å². The van der Waals surface area contributed by atoms with Crippen LogP contribution in [0.25, 0.3) is 0 Å². The number of rotatable bonds is 2. The molecule has 1 amide bonds. The fraction of sp³-hybridized carbons (Fsp3) is 0.231. The van der Waals surface area contributed by atoms with Gasteiger partial charge in [0.15, 0.2) is 22.6 Å². The van der Waals surface area contributed by atoms with Crippen LogP contribution in [0.4, 0.5) is 18.3 Å². The first kappa shape index (κ1) is 14.0. The molecule has 0 saturated heterocycles. The summed E-state index contributed by atoms with van der Waals surface area (Å²) in [6, 6.07) is 1.61. The first-order chi connectivity index (χ1) is 10.1. The quantitative estimate of drug-likeness (QED) is 0.838. The zero-order chi connectivity index (χ0) is 15.0. The Kier molecular flexibility index (Phi) is 3.64. The molecular formula is C13H10F3N3OS. The van der Waals surface area contributed by atoms with E-state index in [2.05, 4.69) is 15.6 Å². The van der Waals surface area contributed by atoms with Crippen LogP contribution in [-0.4, -0.2) is 17.4 Å². The molecule has 0 unspecified atom stereocenters. The number of amides is 1. The van der Waals surface area contributed by atoms with E-state index in [1.807, 2.05) is 0 Å². The largest absolute Gasteiger partial charge is 0.311 e. The molecule has 0 fully saturated rings. The molecule has 0 radical (unpaired) electrons.